The monoisotopic (exact) mass is 212 g/mol. The fourth-order valence-corrected chi connectivity index (χ4v) is 2.38. The van der Waals surface area contributed by atoms with E-state index in [4.69, 9.17) is 0 Å². The minimum atomic E-state index is 0.0251. The number of benzene rings is 1. The minimum absolute atomic E-state index is 0.0251. The first kappa shape index (κ1) is 9.52. The van der Waals surface area contributed by atoms with E-state index in [1.54, 1.807) is 25.1 Å². The quantitative estimate of drug-likeness (QED) is 0.717. The molecule has 16 heavy (non-hydrogen) atoms. The summed E-state index contributed by atoms with van der Waals surface area (Å²) in [4.78, 5) is 24.3. The van der Waals surface area contributed by atoms with Gasteiger partial charge in [-0.25, -0.2) is 0 Å². The second-order valence-electron chi connectivity index (χ2n) is 4.52. The van der Waals surface area contributed by atoms with Crippen molar-refractivity contribution in [2.24, 2.45) is 5.92 Å². The molecule has 1 aromatic rings. The molecular formula is C14H12O2. The Balaban J connectivity index is 2.21. The Labute approximate surface area is 94.0 Å². The molecule has 0 aliphatic heterocycles. The van der Waals surface area contributed by atoms with E-state index in [-0.39, 0.29) is 11.6 Å². The van der Waals surface area contributed by atoms with Crippen molar-refractivity contribution >= 4 is 11.6 Å². The molecule has 1 saturated carbocycles. The third kappa shape index (κ3) is 1.19. The molecule has 0 amide bonds. The highest BCUT2D eigenvalue weighted by atomic mass is 16.1. The van der Waals surface area contributed by atoms with E-state index >= 15 is 0 Å². The average Bonchev–Trinajstić information content (AvgIpc) is 3.11. The van der Waals surface area contributed by atoms with Crippen molar-refractivity contribution in [3.63, 3.8) is 0 Å². The van der Waals surface area contributed by atoms with Gasteiger partial charge >= 0.3 is 0 Å². The third-order valence-corrected chi connectivity index (χ3v) is 3.39. The Morgan fingerprint density at radius 3 is 2.12 bits per heavy atom. The summed E-state index contributed by atoms with van der Waals surface area (Å²) in [5.41, 5.74) is 2.57. The summed E-state index contributed by atoms with van der Waals surface area (Å²) >= 11 is 0. The van der Waals surface area contributed by atoms with Crippen LogP contribution in [0.15, 0.2) is 35.4 Å². The van der Waals surface area contributed by atoms with Crippen LogP contribution in [0.25, 0.3) is 0 Å². The van der Waals surface area contributed by atoms with Crippen molar-refractivity contribution in [3.8, 4) is 0 Å². The lowest BCUT2D eigenvalue weighted by molar-refractivity contribution is 0.0970. The van der Waals surface area contributed by atoms with Crippen molar-refractivity contribution in [1.82, 2.24) is 0 Å². The summed E-state index contributed by atoms with van der Waals surface area (Å²) in [6.07, 6.45) is 2.10. The summed E-state index contributed by atoms with van der Waals surface area (Å²) < 4.78 is 0. The van der Waals surface area contributed by atoms with E-state index in [2.05, 4.69) is 0 Å². The van der Waals surface area contributed by atoms with Crippen LogP contribution in [0.1, 0.15) is 40.5 Å². The van der Waals surface area contributed by atoms with Gasteiger partial charge < -0.3 is 0 Å². The summed E-state index contributed by atoms with van der Waals surface area (Å²) in [5.74, 6) is 0.428. The molecule has 2 aliphatic carbocycles. The zero-order valence-corrected chi connectivity index (χ0v) is 9.12. The lowest BCUT2D eigenvalue weighted by atomic mass is 9.83. The van der Waals surface area contributed by atoms with E-state index in [0.29, 0.717) is 22.6 Å². The van der Waals surface area contributed by atoms with Gasteiger partial charge in [0, 0.05) is 22.3 Å². The molecule has 1 aromatic carbocycles. The Hall–Kier alpha value is -1.70. The smallest absolute Gasteiger partial charge is 0.190 e. The molecule has 2 aliphatic rings. The zero-order chi connectivity index (χ0) is 11.3. The maximum absolute atomic E-state index is 12.2. The molecule has 0 unspecified atom stereocenters. The number of hydrogen-bond donors (Lipinski definition) is 0. The maximum atomic E-state index is 12.2. The predicted octanol–water partition coefficient (Wildman–Crippen LogP) is 2.79. The van der Waals surface area contributed by atoms with Gasteiger partial charge in [-0.2, -0.15) is 0 Å². The van der Waals surface area contributed by atoms with E-state index in [9.17, 15) is 9.59 Å². The molecule has 0 N–H and O–H groups in total. The van der Waals surface area contributed by atoms with Crippen LogP contribution in [0.3, 0.4) is 0 Å². The van der Waals surface area contributed by atoms with Crippen molar-refractivity contribution in [3.05, 3.63) is 46.5 Å². The van der Waals surface area contributed by atoms with Crippen LogP contribution in [-0.2, 0) is 0 Å². The number of carbonyl (C=O) groups is 2. The van der Waals surface area contributed by atoms with Crippen LogP contribution in [-0.4, -0.2) is 11.6 Å². The highest BCUT2D eigenvalue weighted by Crippen LogP contribution is 2.42. The van der Waals surface area contributed by atoms with Crippen molar-refractivity contribution < 1.29 is 9.59 Å². The Kier molecular flexibility index (Phi) is 1.87. The molecule has 80 valence electrons. The third-order valence-electron chi connectivity index (χ3n) is 3.39. The fraction of sp³-hybridized carbons (Fsp3) is 0.286. The molecule has 1 fully saturated rings. The van der Waals surface area contributed by atoms with Gasteiger partial charge in [0.05, 0.1) is 0 Å². The first-order chi connectivity index (χ1) is 7.70. The lowest BCUT2D eigenvalue weighted by Gasteiger charge is -2.18. The topological polar surface area (TPSA) is 34.1 Å². The van der Waals surface area contributed by atoms with Crippen LogP contribution in [0.2, 0.25) is 0 Å². The molecule has 0 bridgehead atoms. The summed E-state index contributed by atoms with van der Waals surface area (Å²) in [6, 6.07) is 7.11. The standard InChI is InChI=1S/C14H12O2/c1-8-12(9-6-7-9)14(16)11-5-3-2-4-10(11)13(8)15/h2-5,9H,6-7H2,1H3. The van der Waals surface area contributed by atoms with Gasteiger partial charge in [-0.1, -0.05) is 24.3 Å². The molecule has 2 heteroatoms. The van der Waals surface area contributed by atoms with Gasteiger partial charge in [-0.05, 0) is 25.7 Å². The SMILES string of the molecule is CC1=C(C2CC2)C(=O)c2ccccc2C1=O. The Morgan fingerprint density at radius 2 is 1.56 bits per heavy atom. The van der Waals surface area contributed by atoms with Crippen molar-refractivity contribution in [1.29, 1.82) is 0 Å². The van der Waals surface area contributed by atoms with Crippen LogP contribution < -0.4 is 0 Å². The maximum Gasteiger partial charge on any atom is 0.190 e. The Morgan fingerprint density at radius 1 is 1.00 bits per heavy atom. The molecule has 0 radical (unpaired) electrons. The summed E-state index contributed by atoms with van der Waals surface area (Å²) in [6.45, 7) is 1.78. The largest absolute Gasteiger partial charge is 0.289 e. The van der Waals surface area contributed by atoms with E-state index in [0.717, 1.165) is 18.4 Å². The van der Waals surface area contributed by atoms with Crippen LogP contribution in [0.5, 0.6) is 0 Å². The fourth-order valence-electron chi connectivity index (χ4n) is 2.38. The van der Waals surface area contributed by atoms with E-state index < -0.39 is 0 Å². The second kappa shape index (κ2) is 3.14. The van der Waals surface area contributed by atoms with Gasteiger partial charge in [0.15, 0.2) is 11.6 Å². The predicted molar refractivity (Wildman–Crippen MR) is 60.5 cm³/mol. The molecule has 3 rings (SSSR count). The van der Waals surface area contributed by atoms with Crippen molar-refractivity contribution in [2.75, 3.05) is 0 Å². The number of hydrogen-bond acceptors (Lipinski definition) is 2. The first-order valence-corrected chi connectivity index (χ1v) is 5.59. The molecule has 0 heterocycles. The molecule has 0 aromatic heterocycles. The van der Waals surface area contributed by atoms with Gasteiger partial charge in [0.1, 0.15) is 0 Å². The van der Waals surface area contributed by atoms with Gasteiger partial charge in [0.2, 0.25) is 0 Å². The van der Waals surface area contributed by atoms with Crippen LogP contribution in [0.4, 0.5) is 0 Å². The molecule has 0 spiro atoms. The first-order valence-electron chi connectivity index (χ1n) is 5.59. The highest BCUT2D eigenvalue weighted by molar-refractivity contribution is 6.27. The Bertz CT molecular complexity index is 533. The van der Waals surface area contributed by atoms with Crippen LogP contribution >= 0.6 is 0 Å². The molecule has 2 nitrogen and oxygen atoms in total. The normalized spacial score (nSPS) is 20.1. The number of fused-ring (bicyclic) bond motifs is 1. The molecule has 0 saturated heterocycles. The van der Waals surface area contributed by atoms with Crippen molar-refractivity contribution in [2.45, 2.75) is 19.8 Å². The summed E-state index contributed by atoms with van der Waals surface area (Å²) in [5, 5.41) is 0. The van der Waals surface area contributed by atoms with E-state index in [1.807, 2.05) is 6.07 Å². The summed E-state index contributed by atoms with van der Waals surface area (Å²) in [7, 11) is 0. The number of Topliss-reactive ketones (excluding diaryl/α,β-unsaturated/α-hetero) is 2. The zero-order valence-electron chi connectivity index (χ0n) is 9.12. The minimum Gasteiger partial charge on any atom is -0.289 e. The molecule has 0 atom stereocenters. The van der Waals surface area contributed by atoms with Crippen LogP contribution in [0, 0.1) is 5.92 Å². The number of carbonyl (C=O) groups excluding carboxylic acids is 2. The number of allylic oxidation sites excluding steroid dienone is 2. The van der Waals surface area contributed by atoms with Gasteiger partial charge in [-0.15, -0.1) is 0 Å². The van der Waals surface area contributed by atoms with Gasteiger partial charge in [-0.3, -0.25) is 9.59 Å². The van der Waals surface area contributed by atoms with Gasteiger partial charge in [0.25, 0.3) is 0 Å². The highest BCUT2D eigenvalue weighted by Gasteiger charge is 2.38. The average molecular weight is 212 g/mol. The lowest BCUT2D eigenvalue weighted by Crippen LogP contribution is -2.21. The number of rotatable bonds is 1. The number of ketones is 2. The van der Waals surface area contributed by atoms with E-state index in [1.165, 1.54) is 0 Å². The molecular weight excluding hydrogens is 200 g/mol. The second-order valence-corrected chi connectivity index (χ2v) is 4.52.